The standard InChI is InChI=1S/C15H22N2O2/c1-11-6-7-14(18)13(10-11)15(19)17(9-3-8-16)12-4-2-5-12/h6-7,10,12,18H,2-5,8-9,16H2,1H3. The average Bonchev–Trinajstić information content (AvgIpc) is 2.34. The van der Waals surface area contributed by atoms with E-state index in [1.54, 1.807) is 18.2 Å². The molecule has 0 atom stereocenters. The molecule has 1 fully saturated rings. The second-order valence-electron chi connectivity index (χ2n) is 5.25. The number of aromatic hydroxyl groups is 1. The molecule has 2 rings (SSSR count). The Morgan fingerprint density at radius 2 is 2.21 bits per heavy atom. The molecule has 0 heterocycles. The second-order valence-corrected chi connectivity index (χ2v) is 5.25. The lowest BCUT2D eigenvalue weighted by atomic mass is 9.90. The average molecular weight is 262 g/mol. The molecular weight excluding hydrogens is 240 g/mol. The van der Waals surface area contributed by atoms with Crippen molar-refractivity contribution in [2.45, 2.75) is 38.6 Å². The minimum absolute atomic E-state index is 0.0627. The minimum atomic E-state index is -0.0700. The Balaban J connectivity index is 2.19. The molecule has 0 unspecified atom stereocenters. The first kappa shape index (κ1) is 13.9. The number of carbonyl (C=O) groups excluding carboxylic acids is 1. The van der Waals surface area contributed by atoms with Crippen LogP contribution in [0.3, 0.4) is 0 Å². The van der Waals surface area contributed by atoms with E-state index < -0.39 is 0 Å². The minimum Gasteiger partial charge on any atom is -0.507 e. The summed E-state index contributed by atoms with van der Waals surface area (Å²) in [5.41, 5.74) is 6.93. The third kappa shape index (κ3) is 3.07. The lowest BCUT2D eigenvalue weighted by Crippen LogP contribution is -2.45. The molecule has 1 saturated carbocycles. The van der Waals surface area contributed by atoms with Crippen molar-refractivity contribution < 1.29 is 9.90 Å². The predicted octanol–water partition coefficient (Wildman–Crippen LogP) is 2.04. The molecule has 104 valence electrons. The van der Waals surface area contributed by atoms with Gasteiger partial charge in [-0.2, -0.15) is 0 Å². The lowest BCUT2D eigenvalue weighted by Gasteiger charge is -2.37. The largest absolute Gasteiger partial charge is 0.507 e. The van der Waals surface area contributed by atoms with Gasteiger partial charge in [0.1, 0.15) is 5.75 Å². The number of nitrogens with zero attached hydrogens (tertiary/aromatic N) is 1. The molecule has 0 aliphatic heterocycles. The molecule has 0 spiro atoms. The normalized spacial score (nSPS) is 15.1. The Hall–Kier alpha value is -1.55. The van der Waals surface area contributed by atoms with E-state index in [0.29, 0.717) is 24.7 Å². The van der Waals surface area contributed by atoms with Crippen LogP contribution in [0.2, 0.25) is 0 Å². The third-order valence-electron chi connectivity index (χ3n) is 3.76. The highest BCUT2D eigenvalue weighted by Gasteiger charge is 2.30. The lowest BCUT2D eigenvalue weighted by molar-refractivity contribution is 0.0575. The van der Waals surface area contributed by atoms with Crippen molar-refractivity contribution in [2.24, 2.45) is 5.73 Å². The number of hydrogen-bond acceptors (Lipinski definition) is 3. The van der Waals surface area contributed by atoms with Gasteiger partial charge < -0.3 is 15.7 Å². The van der Waals surface area contributed by atoms with Gasteiger partial charge in [-0.15, -0.1) is 0 Å². The number of nitrogens with two attached hydrogens (primary N) is 1. The van der Waals surface area contributed by atoms with Gasteiger partial charge in [0, 0.05) is 12.6 Å². The SMILES string of the molecule is Cc1ccc(O)c(C(=O)N(CCCN)C2CCC2)c1. The first-order valence-corrected chi connectivity index (χ1v) is 6.94. The number of hydrogen-bond donors (Lipinski definition) is 2. The number of amides is 1. The van der Waals surface area contributed by atoms with E-state index in [-0.39, 0.29) is 11.7 Å². The van der Waals surface area contributed by atoms with Gasteiger partial charge in [-0.25, -0.2) is 0 Å². The molecule has 4 heteroatoms. The molecule has 3 N–H and O–H groups in total. The van der Waals surface area contributed by atoms with Crippen molar-refractivity contribution in [3.05, 3.63) is 29.3 Å². The number of carbonyl (C=O) groups is 1. The van der Waals surface area contributed by atoms with Gasteiger partial charge in [0.15, 0.2) is 0 Å². The Kier molecular flexibility index (Phi) is 4.43. The maximum atomic E-state index is 12.6. The van der Waals surface area contributed by atoms with E-state index in [1.165, 1.54) is 6.42 Å². The molecule has 1 aromatic rings. The number of phenolic OH excluding ortho intramolecular Hbond substituents is 1. The first-order valence-electron chi connectivity index (χ1n) is 6.94. The Morgan fingerprint density at radius 3 is 2.79 bits per heavy atom. The van der Waals surface area contributed by atoms with E-state index >= 15 is 0 Å². The van der Waals surface area contributed by atoms with Crippen molar-refractivity contribution in [1.82, 2.24) is 4.90 Å². The molecule has 4 nitrogen and oxygen atoms in total. The van der Waals surface area contributed by atoms with E-state index in [1.807, 2.05) is 11.8 Å². The molecular formula is C15H22N2O2. The summed E-state index contributed by atoms with van der Waals surface area (Å²) in [4.78, 5) is 14.5. The fourth-order valence-electron chi connectivity index (χ4n) is 2.39. The van der Waals surface area contributed by atoms with Crippen molar-refractivity contribution in [2.75, 3.05) is 13.1 Å². The van der Waals surface area contributed by atoms with E-state index in [0.717, 1.165) is 24.8 Å². The van der Waals surface area contributed by atoms with Crippen molar-refractivity contribution >= 4 is 5.91 Å². The van der Waals surface area contributed by atoms with Crippen LogP contribution in [-0.2, 0) is 0 Å². The van der Waals surface area contributed by atoms with Crippen molar-refractivity contribution in [3.8, 4) is 5.75 Å². The molecule has 0 bridgehead atoms. The van der Waals surface area contributed by atoms with Crippen LogP contribution in [0, 0.1) is 6.92 Å². The van der Waals surface area contributed by atoms with Crippen molar-refractivity contribution in [3.63, 3.8) is 0 Å². The predicted molar refractivity (Wildman–Crippen MR) is 75.2 cm³/mol. The maximum Gasteiger partial charge on any atom is 0.257 e. The molecule has 0 radical (unpaired) electrons. The Labute approximate surface area is 114 Å². The van der Waals surface area contributed by atoms with E-state index in [9.17, 15) is 9.90 Å². The van der Waals surface area contributed by atoms with Gasteiger partial charge in [-0.3, -0.25) is 4.79 Å². The van der Waals surface area contributed by atoms with Crippen LogP contribution in [0.15, 0.2) is 18.2 Å². The quantitative estimate of drug-likeness (QED) is 0.853. The summed E-state index contributed by atoms with van der Waals surface area (Å²) in [6.07, 6.45) is 4.09. The van der Waals surface area contributed by atoms with Gasteiger partial charge >= 0.3 is 0 Å². The molecule has 19 heavy (non-hydrogen) atoms. The zero-order valence-corrected chi connectivity index (χ0v) is 11.4. The van der Waals surface area contributed by atoms with Crippen molar-refractivity contribution in [1.29, 1.82) is 0 Å². The zero-order chi connectivity index (χ0) is 13.8. The fourth-order valence-corrected chi connectivity index (χ4v) is 2.39. The van der Waals surface area contributed by atoms with Gasteiger partial charge in [-0.05, 0) is 51.3 Å². The molecule has 0 aromatic heterocycles. The van der Waals surface area contributed by atoms with Crippen LogP contribution in [-0.4, -0.2) is 35.0 Å². The smallest absolute Gasteiger partial charge is 0.257 e. The highest BCUT2D eigenvalue weighted by Crippen LogP contribution is 2.28. The monoisotopic (exact) mass is 262 g/mol. The molecule has 0 saturated heterocycles. The first-order chi connectivity index (χ1) is 9.13. The molecule has 1 amide bonds. The van der Waals surface area contributed by atoms with Gasteiger partial charge in [0.2, 0.25) is 0 Å². The Morgan fingerprint density at radius 1 is 1.47 bits per heavy atom. The maximum absolute atomic E-state index is 12.6. The fraction of sp³-hybridized carbons (Fsp3) is 0.533. The Bertz CT molecular complexity index is 455. The third-order valence-corrected chi connectivity index (χ3v) is 3.76. The summed E-state index contributed by atoms with van der Waals surface area (Å²) < 4.78 is 0. The van der Waals surface area contributed by atoms with Gasteiger partial charge in [0.25, 0.3) is 5.91 Å². The number of benzene rings is 1. The molecule has 1 aliphatic carbocycles. The van der Waals surface area contributed by atoms with E-state index in [2.05, 4.69) is 0 Å². The van der Waals surface area contributed by atoms with Gasteiger partial charge in [0.05, 0.1) is 5.56 Å². The number of aryl methyl sites for hydroxylation is 1. The van der Waals surface area contributed by atoms with E-state index in [4.69, 9.17) is 5.73 Å². The number of rotatable bonds is 5. The summed E-state index contributed by atoms with van der Waals surface area (Å²) in [5, 5.41) is 9.88. The highest BCUT2D eigenvalue weighted by atomic mass is 16.3. The van der Waals surface area contributed by atoms with Crippen LogP contribution >= 0.6 is 0 Å². The molecule has 1 aliphatic rings. The van der Waals surface area contributed by atoms with Gasteiger partial charge in [-0.1, -0.05) is 11.6 Å². The van der Waals surface area contributed by atoms with Crippen LogP contribution in [0.25, 0.3) is 0 Å². The summed E-state index contributed by atoms with van der Waals surface area (Å²) in [5.74, 6) is -0.00739. The topological polar surface area (TPSA) is 66.6 Å². The van der Waals surface area contributed by atoms with Crippen LogP contribution in [0.5, 0.6) is 5.75 Å². The summed E-state index contributed by atoms with van der Waals surface area (Å²) in [6.45, 7) is 3.17. The highest BCUT2D eigenvalue weighted by molar-refractivity contribution is 5.97. The number of phenols is 1. The van der Waals surface area contributed by atoms with Crippen LogP contribution in [0.1, 0.15) is 41.6 Å². The summed E-state index contributed by atoms with van der Waals surface area (Å²) in [7, 11) is 0. The molecule has 1 aromatic carbocycles. The summed E-state index contributed by atoms with van der Waals surface area (Å²) >= 11 is 0. The van der Waals surface area contributed by atoms with Crippen LogP contribution < -0.4 is 5.73 Å². The summed E-state index contributed by atoms with van der Waals surface area (Å²) in [6, 6.07) is 5.47. The second kappa shape index (κ2) is 6.06. The zero-order valence-electron chi connectivity index (χ0n) is 11.4. The van der Waals surface area contributed by atoms with Crippen LogP contribution in [0.4, 0.5) is 0 Å².